The smallest absolute Gasteiger partial charge is 0.241 e. The van der Waals surface area contributed by atoms with Crippen LogP contribution in [-0.2, 0) is 10.0 Å². The van der Waals surface area contributed by atoms with Gasteiger partial charge in [0, 0.05) is 19.3 Å². The van der Waals surface area contributed by atoms with Gasteiger partial charge in [0.05, 0.1) is 35.4 Å². The molecule has 0 aliphatic carbocycles. The van der Waals surface area contributed by atoms with Gasteiger partial charge < -0.3 is 5.32 Å². The predicted octanol–water partition coefficient (Wildman–Crippen LogP) is 1.88. The van der Waals surface area contributed by atoms with Crippen molar-refractivity contribution in [1.82, 2.24) is 23.9 Å². The lowest BCUT2D eigenvalue weighted by molar-refractivity contribution is 0.186. The molecule has 0 aromatic carbocycles. The minimum atomic E-state index is -3.39. The average Bonchev–Trinajstić information content (AvgIpc) is 3.06. The molecule has 1 fully saturated rings. The Kier molecular flexibility index (Phi) is 4.76. The molecule has 0 unspecified atom stereocenters. The van der Waals surface area contributed by atoms with Gasteiger partial charge in [-0.1, -0.05) is 6.07 Å². The van der Waals surface area contributed by atoms with Gasteiger partial charge in [0.1, 0.15) is 6.17 Å². The van der Waals surface area contributed by atoms with Crippen LogP contribution in [-0.4, -0.2) is 63.9 Å². The number of alkyl halides is 1. The molecule has 0 spiro atoms. The molecule has 8 nitrogen and oxygen atoms in total. The van der Waals surface area contributed by atoms with Crippen LogP contribution in [0.5, 0.6) is 0 Å². The normalized spacial score (nSPS) is 21.1. The monoisotopic (exact) mass is 404 g/mol. The molecule has 1 N–H and O–H groups in total. The topological polar surface area (TPSA) is 92.5 Å². The maximum Gasteiger partial charge on any atom is 0.241 e. The number of nitrogens with zero attached hydrogens (tertiary/aromatic N) is 5. The summed E-state index contributed by atoms with van der Waals surface area (Å²) < 4.78 is 40.6. The second kappa shape index (κ2) is 7.10. The van der Waals surface area contributed by atoms with E-state index in [1.54, 1.807) is 16.9 Å². The van der Waals surface area contributed by atoms with E-state index in [1.165, 1.54) is 0 Å². The highest BCUT2D eigenvalue weighted by atomic mass is 32.2. The highest BCUT2D eigenvalue weighted by Gasteiger charge is 2.33. The molecular formula is C18H21FN6O2S. The van der Waals surface area contributed by atoms with Gasteiger partial charge in [-0.05, 0) is 37.1 Å². The minimum absolute atomic E-state index is 0.166. The number of anilines is 1. The third-order valence-corrected chi connectivity index (χ3v) is 6.13. The zero-order chi connectivity index (χ0) is 19.9. The first-order valence-corrected chi connectivity index (χ1v) is 10.8. The summed E-state index contributed by atoms with van der Waals surface area (Å²) in [6, 6.07) is 7.15. The number of fused-ring (bicyclic) bond motifs is 1. The molecule has 4 rings (SSSR count). The summed E-state index contributed by atoms with van der Waals surface area (Å²) in [6.07, 6.45) is 3.54. The van der Waals surface area contributed by atoms with Crippen LogP contribution >= 0.6 is 0 Å². The third-order valence-electron chi connectivity index (χ3n) is 4.86. The van der Waals surface area contributed by atoms with Gasteiger partial charge in [0.25, 0.3) is 0 Å². The molecule has 148 valence electrons. The van der Waals surface area contributed by atoms with Crippen molar-refractivity contribution in [1.29, 1.82) is 0 Å². The number of piperidine rings is 1. The van der Waals surface area contributed by atoms with Crippen LogP contribution in [0.25, 0.3) is 16.9 Å². The van der Waals surface area contributed by atoms with Gasteiger partial charge in [-0.2, -0.15) is 4.31 Å². The lowest BCUT2D eigenvalue weighted by Gasteiger charge is -2.33. The molecule has 0 bridgehead atoms. The Morgan fingerprint density at radius 3 is 2.68 bits per heavy atom. The lowest BCUT2D eigenvalue weighted by atomic mass is 10.1. The van der Waals surface area contributed by atoms with Crippen molar-refractivity contribution in [3.63, 3.8) is 0 Å². The van der Waals surface area contributed by atoms with Crippen molar-refractivity contribution in [3.8, 4) is 11.4 Å². The molecule has 2 atom stereocenters. The van der Waals surface area contributed by atoms with Gasteiger partial charge in [-0.25, -0.2) is 22.3 Å². The van der Waals surface area contributed by atoms with Crippen molar-refractivity contribution in [3.05, 3.63) is 42.2 Å². The van der Waals surface area contributed by atoms with E-state index in [1.807, 2.05) is 31.2 Å². The summed E-state index contributed by atoms with van der Waals surface area (Å²) in [7, 11) is -3.39. The van der Waals surface area contributed by atoms with E-state index in [0.29, 0.717) is 6.42 Å². The quantitative estimate of drug-likeness (QED) is 0.714. The fourth-order valence-corrected chi connectivity index (χ4v) is 4.14. The molecule has 1 saturated heterocycles. The van der Waals surface area contributed by atoms with E-state index in [9.17, 15) is 12.8 Å². The Labute approximate surface area is 162 Å². The molecule has 4 heterocycles. The number of halogens is 1. The number of hydrogen-bond acceptors (Lipinski definition) is 6. The van der Waals surface area contributed by atoms with Crippen molar-refractivity contribution >= 4 is 21.5 Å². The Morgan fingerprint density at radius 1 is 1.18 bits per heavy atom. The van der Waals surface area contributed by atoms with Crippen LogP contribution < -0.4 is 5.32 Å². The van der Waals surface area contributed by atoms with Crippen molar-refractivity contribution in [2.75, 3.05) is 24.7 Å². The predicted molar refractivity (Wildman–Crippen MR) is 104 cm³/mol. The third kappa shape index (κ3) is 3.69. The molecule has 1 aliphatic rings. The standard InChI is InChI=1S/C18H21FN6O2S/c1-12-3-5-16(20-9-12)17-6-4-13-10-21-18(23-25(13)17)22-15-7-8-24(11-14(15)19)28(2,26)27/h3-6,9-10,14-15H,7-8,11H2,1-2H3,(H,22,23)/t14-,15-/m1/s1. The molecule has 28 heavy (non-hydrogen) atoms. The zero-order valence-electron chi connectivity index (χ0n) is 15.6. The number of pyridine rings is 1. The Morgan fingerprint density at radius 2 is 2.00 bits per heavy atom. The molecule has 3 aromatic rings. The maximum atomic E-state index is 14.5. The molecule has 1 aliphatic heterocycles. The van der Waals surface area contributed by atoms with E-state index in [-0.39, 0.29) is 19.0 Å². The first-order valence-electron chi connectivity index (χ1n) is 8.95. The van der Waals surface area contributed by atoms with E-state index < -0.39 is 22.2 Å². The van der Waals surface area contributed by atoms with Crippen LogP contribution in [0.1, 0.15) is 12.0 Å². The van der Waals surface area contributed by atoms with Crippen molar-refractivity contribution in [2.45, 2.75) is 25.6 Å². The molecule has 3 aromatic heterocycles. The Balaban J connectivity index is 1.57. The van der Waals surface area contributed by atoms with E-state index in [2.05, 4.69) is 20.4 Å². The van der Waals surface area contributed by atoms with Crippen molar-refractivity contribution < 1.29 is 12.8 Å². The minimum Gasteiger partial charge on any atom is -0.347 e. The van der Waals surface area contributed by atoms with E-state index in [0.717, 1.165) is 33.0 Å². The second-order valence-electron chi connectivity index (χ2n) is 7.03. The summed E-state index contributed by atoms with van der Waals surface area (Å²) >= 11 is 0. The molecular weight excluding hydrogens is 383 g/mol. The Hall–Kier alpha value is -2.59. The summed E-state index contributed by atoms with van der Waals surface area (Å²) in [6.45, 7) is 2.07. The van der Waals surface area contributed by atoms with Gasteiger partial charge in [0.15, 0.2) is 0 Å². The van der Waals surface area contributed by atoms with Crippen LogP contribution in [0.15, 0.2) is 36.7 Å². The first kappa shape index (κ1) is 18.8. The fraction of sp³-hybridized carbons (Fsp3) is 0.389. The number of aromatic nitrogens is 4. The molecule has 0 saturated carbocycles. The van der Waals surface area contributed by atoms with Crippen LogP contribution in [0.4, 0.5) is 10.3 Å². The summed E-state index contributed by atoms with van der Waals surface area (Å²) in [5.74, 6) is 0.289. The highest BCUT2D eigenvalue weighted by Crippen LogP contribution is 2.22. The number of sulfonamides is 1. The van der Waals surface area contributed by atoms with Crippen LogP contribution in [0.2, 0.25) is 0 Å². The molecule has 10 heteroatoms. The van der Waals surface area contributed by atoms with Gasteiger partial charge in [-0.15, -0.1) is 5.10 Å². The van der Waals surface area contributed by atoms with Gasteiger partial charge >= 0.3 is 0 Å². The first-order chi connectivity index (χ1) is 13.3. The van der Waals surface area contributed by atoms with E-state index >= 15 is 0 Å². The molecule has 0 radical (unpaired) electrons. The summed E-state index contributed by atoms with van der Waals surface area (Å²) in [4.78, 5) is 8.70. The van der Waals surface area contributed by atoms with Crippen molar-refractivity contribution in [2.24, 2.45) is 0 Å². The zero-order valence-corrected chi connectivity index (χ0v) is 16.4. The van der Waals surface area contributed by atoms with E-state index in [4.69, 9.17) is 0 Å². The molecule has 0 amide bonds. The fourth-order valence-electron chi connectivity index (χ4n) is 3.29. The average molecular weight is 404 g/mol. The summed E-state index contributed by atoms with van der Waals surface area (Å²) in [5, 5.41) is 7.50. The van der Waals surface area contributed by atoms with Crippen LogP contribution in [0, 0.1) is 6.92 Å². The van der Waals surface area contributed by atoms with Crippen LogP contribution in [0.3, 0.4) is 0 Å². The Bertz CT molecular complexity index is 1100. The number of nitrogens with one attached hydrogen (secondary N) is 1. The number of hydrogen-bond donors (Lipinski definition) is 1. The largest absolute Gasteiger partial charge is 0.347 e. The number of rotatable bonds is 4. The number of aryl methyl sites for hydroxylation is 1. The lowest BCUT2D eigenvalue weighted by Crippen LogP contribution is -2.49. The SMILES string of the molecule is Cc1ccc(-c2ccc3cnc(N[C@@H]4CCN(S(C)(=O)=O)C[C@H]4F)nn23)nc1. The van der Waals surface area contributed by atoms with Gasteiger partial charge in [-0.3, -0.25) is 4.98 Å². The maximum absolute atomic E-state index is 14.5. The van der Waals surface area contributed by atoms with Gasteiger partial charge in [0.2, 0.25) is 16.0 Å². The second-order valence-corrected chi connectivity index (χ2v) is 9.02. The highest BCUT2D eigenvalue weighted by molar-refractivity contribution is 7.88. The summed E-state index contributed by atoms with van der Waals surface area (Å²) in [5.41, 5.74) is 3.45.